The van der Waals surface area contributed by atoms with Gasteiger partial charge in [-0.15, -0.1) is 0 Å². The molecule has 0 aliphatic carbocycles. The molecule has 10 heteroatoms. The minimum atomic E-state index is -2.18. The number of halogens is 1. The minimum Gasteiger partial charge on any atom is -0.463 e. The summed E-state index contributed by atoms with van der Waals surface area (Å²) in [6, 6.07) is 0. The van der Waals surface area contributed by atoms with Crippen molar-refractivity contribution in [1.29, 1.82) is 0 Å². The molecule has 1 rings (SSSR count). The van der Waals surface area contributed by atoms with Gasteiger partial charge in [0.1, 0.15) is 12.7 Å². The highest BCUT2D eigenvalue weighted by molar-refractivity contribution is 5.68. The molecule has 136 valence electrons. The molecule has 0 aromatic carbocycles. The van der Waals surface area contributed by atoms with Crippen LogP contribution in [0.25, 0.3) is 0 Å². The van der Waals surface area contributed by atoms with E-state index in [0.717, 1.165) is 27.7 Å². The fourth-order valence-corrected chi connectivity index (χ4v) is 2.18. The highest BCUT2D eigenvalue weighted by Crippen LogP contribution is 2.29. The predicted molar refractivity (Wildman–Crippen MR) is 73.1 cm³/mol. The first-order valence-corrected chi connectivity index (χ1v) is 7.06. The van der Waals surface area contributed by atoms with Crippen LogP contribution in [-0.2, 0) is 42.9 Å². The Bertz CT molecular complexity index is 506. The van der Waals surface area contributed by atoms with E-state index in [1.165, 1.54) is 0 Å². The SMILES string of the molecule is CC(=O)OC[C@H]1OC(F)[C@H](OC(C)=O)[C@@H](OC(C)=O)[C@@H]1OC(C)=O. The number of rotatable bonds is 5. The zero-order valence-electron chi connectivity index (χ0n) is 13.6. The van der Waals surface area contributed by atoms with E-state index >= 15 is 0 Å². The summed E-state index contributed by atoms with van der Waals surface area (Å²) in [5.41, 5.74) is 0. The van der Waals surface area contributed by atoms with Gasteiger partial charge >= 0.3 is 23.9 Å². The topological polar surface area (TPSA) is 114 Å². The summed E-state index contributed by atoms with van der Waals surface area (Å²) >= 11 is 0. The molecule has 1 saturated heterocycles. The van der Waals surface area contributed by atoms with Crippen molar-refractivity contribution >= 4 is 23.9 Å². The van der Waals surface area contributed by atoms with Crippen molar-refractivity contribution in [2.75, 3.05) is 6.61 Å². The summed E-state index contributed by atoms with van der Waals surface area (Å²) in [6.45, 7) is 3.85. The van der Waals surface area contributed by atoms with Crippen LogP contribution in [0, 0.1) is 0 Å². The molecule has 0 saturated carbocycles. The third-order valence-corrected chi connectivity index (χ3v) is 2.93. The maximum Gasteiger partial charge on any atom is 0.303 e. The molecule has 1 heterocycles. The van der Waals surface area contributed by atoms with Crippen LogP contribution in [0.1, 0.15) is 27.7 Å². The average molecular weight is 350 g/mol. The number of ether oxygens (including phenoxy) is 5. The molecule has 24 heavy (non-hydrogen) atoms. The van der Waals surface area contributed by atoms with Gasteiger partial charge in [-0.25, -0.2) is 4.39 Å². The van der Waals surface area contributed by atoms with Gasteiger partial charge in [-0.05, 0) is 0 Å². The van der Waals surface area contributed by atoms with E-state index < -0.39 is 61.3 Å². The van der Waals surface area contributed by atoms with Gasteiger partial charge in [-0.2, -0.15) is 0 Å². The quantitative estimate of drug-likeness (QED) is 0.500. The Labute approximate surface area is 137 Å². The number of alkyl halides is 1. The first kappa shape index (κ1) is 19.8. The summed E-state index contributed by atoms with van der Waals surface area (Å²) in [6.07, 6.45) is -7.85. The van der Waals surface area contributed by atoms with Crippen molar-refractivity contribution in [2.24, 2.45) is 0 Å². The van der Waals surface area contributed by atoms with Crippen molar-refractivity contribution in [1.82, 2.24) is 0 Å². The molecule has 1 aliphatic rings. The Morgan fingerprint density at radius 3 is 1.71 bits per heavy atom. The first-order chi connectivity index (χ1) is 11.1. The van der Waals surface area contributed by atoms with Crippen LogP contribution < -0.4 is 0 Å². The molecule has 0 radical (unpaired) electrons. The second-order valence-electron chi connectivity index (χ2n) is 5.05. The lowest BCUT2D eigenvalue weighted by atomic mass is 9.98. The lowest BCUT2D eigenvalue weighted by Crippen LogP contribution is -2.61. The Hall–Kier alpha value is -2.23. The molecule has 0 bridgehead atoms. The summed E-state index contributed by atoms with van der Waals surface area (Å²) in [7, 11) is 0. The molecular formula is C14H19FO9. The number of carbonyl (C=O) groups excluding carboxylic acids is 4. The third kappa shape index (κ3) is 5.76. The minimum absolute atomic E-state index is 0.446. The fourth-order valence-electron chi connectivity index (χ4n) is 2.18. The fraction of sp³-hybridized carbons (Fsp3) is 0.714. The molecule has 0 aromatic heterocycles. The van der Waals surface area contributed by atoms with Crippen LogP contribution in [0.5, 0.6) is 0 Å². The standard InChI is InChI=1S/C14H19FO9/c1-6(16)20-5-10-11(21-7(2)17)12(22-8(3)18)13(14(15)24-10)23-9(4)19/h10-14H,5H2,1-4H3/t10-,11-,12+,13-,14?/m1/s1. The van der Waals surface area contributed by atoms with Gasteiger partial charge in [0.05, 0.1) is 0 Å². The van der Waals surface area contributed by atoms with Crippen LogP contribution >= 0.6 is 0 Å². The van der Waals surface area contributed by atoms with E-state index in [1.807, 2.05) is 0 Å². The summed E-state index contributed by atoms with van der Waals surface area (Å²) < 4.78 is 38.7. The zero-order chi connectivity index (χ0) is 18.4. The van der Waals surface area contributed by atoms with Gasteiger partial charge in [0.25, 0.3) is 0 Å². The van der Waals surface area contributed by atoms with Crippen LogP contribution in [0.4, 0.5) is 4.39 Å². The Morgan fingerprint density at radius 1 is 0.792 bits per heavy atom. The average Bonchev–Trinajstić information content (AvgIpc) is 2.42. The molecule has 0 N–H and O–H groups in total. The second kappa shape index (κ2) is 8.57. The number of esters is 4. The molecule has 0 spiro atoms. The van der Waals surface area contributed by atoms with Crippen molar-refractivity contribution in [2.45, 2.75) is 58.5 Å². The van der Waals surface area contributed by atoms with Gasteiger partial charge in [0.15, 0.2) is 18.3 Å². The molecule has 0 amide bonds. The Balaban J connectivity index is 3.11. The van der Waals surface area contributed by atoms with Crippen molar-refractivity contribution in [3.63, 3.8) is 0 Å². The molecule has 0 aromatic rings. The number of hydrogen-bond acceptors (Lipinski definition) is 9. The second-order valence-corrected chi connectivity index (χ2v) is 5.05. The van der Waals surface area contributed by atoms with Crippen LogP contribution in [0.3, 0.4) is 0 Å². The highest BCUT2D eigenvalue weighted by Gasteiger charge is 2.52. The number of carbonyl (C=O) groups is 4. The maximum absolute atomic E-state index is 14.2. The van der Waals surface area contributed by atoms with Crippen LogP contribution in [0.15, 0.2) is 0 Å². The first-order valence-electron chi connectivity index (χ1n) is 7.06. The van der Waals surface area contributed by atoms with Gasteiger partial charge in [-0.1, -0.05) is 0 Å². The van der Waals surface area contributed by atoms with Crippen molar-refractivity contribution < 1.29 is 47.3 Å². The van der Waals surface area contributed by atoms with Gasteiger partial charge in [-0.3, -0.25) is 19.2 Å². The monoisotopic (exact) mass is 350 g/mol. The summed E-state index contributed by atoms with van der Waals surface area (Å²) in [5.74, 6) is -3.09. The zero-order valence-corrected chi connectivity index (χ0v) is 13.6. The highest BCUT2D eigenvalue weighted by atomic mass is 19.1. The van der Waals surface area contributed by atoms with E-state index in [9.17, 15) is 23.6 Å². The molecule has 5 atom stereocenters. The molecule has 1 aliphatic heterocycles. The largest absolute Gasteiger partial charge is 0.463 e. The van der Waals surface area contributed by atoms with Crippen LogP contribution in [0.2, 0.25) is 0 Å². The van der Waals surface area contributed by atoms with Crippen molar-refractivity contribution in [3.05, 3.63) is 0 Å². The van der Waals surface area contributed by atoms with E-state index in [0.29, 0.717) is 0 Å². The van der Waals surface area contributed by atoms with Crippen molar-refractivity contribution in [3.8, 4) is 0 Å². The van der Waals surface area contributed by atoms with Crippen LogP contribution in [-0.4, -0.2) is 61.3 Å². The normalized spacial score (nSPS) is 29.3. The molecular weight excluding hydrogens is 331 g/mol. The van der Waals surface area contributed by atoms with Gasteiger partial charge in [0.2, 0.25) is 6.36 Å². The van der Waals surface area contributed by atoms with E-state index in [2.05, 4.69) is 0 Å². The lowest BCUT2D eigenvalue weighted by molar-refractivity contribution is -0.277. The lowest BCUT2D eigenvalue weighted by Gasteiger charge is -2.41. The third-order valence-electron chi connectivity index (χ3n) is 2.93. The Kier molecular flexibility index (Phi) is 7.08. The van der Waals surface area contributed by atoms with E-state index in [4.69, 9.17) is 23.7 Å². The maximum atomic E-state index is 14.2. The van der Waals surface area contributed by atoms with Gasteiger partial charge in [0, 0.05) is 27.7 Å². The molecule has 1 unspecified atom stereocenters. The number of hydrogen-bond donors (Lipinski definition) is 0. The van der Waals surface area contributed by atoms with E-state index in [1.54, 1.807) is 0 Å². The van der Waals surface area contributed by atoms with E-state index in [-0.39, 0.29) is 0 Å². The molecule has 1 fully saturated rings. The summed E-state index contributed by atoms with van der Waals surface area (Å²) in [5, 5.41) is 0. The molecule has 9 nitrogen and oxygen atoms in total. The van der Waals surface area contributed by atoms with Gasteiger partial charge < -0.3 is 23.7 Å². The smallest absolute Gasteiger partial charge is 0.303 e. The predicted octanol–water partition coefficient (Wildman–Crippen LogP) is 0.0390. The summed E-state index contributed by atoms with van der Waals surface area (Å²) in [4.78, 5) is 44.7. The Morgan fingerprint density at radius 2 is 1.25 bits per heavy atom.